The Kier molecular flexibility index (Phi) is 6.56. The Bertz CT molecular complexity index is 680. The number of hydrogen-bond acceptors (Lipinski definition) is 3. The molecular weight excluding hydrogens is 324 g/mol. The Morgan fingerprint density at radius 2 is 1.85 bits per heavy atom. The zero-order chi connectivity index (χ0) is 18.4. The van der Waals surface area contributed by atoms with E-state index in [1.54, 1.807) is 0 Å². The average Bonchev–Trinajstić information content (AvgIpc) is 2.68. The van der Waals surface area contributed by atoms with Gasteiger partial charge in [0.25, 0.3) is 0 Å². The zero-order valence-corrected chi connectivity index (χ0v) is 16.1. The molecule has 0 saturated carbocycles. The molecule has 3 nitrogen and oxygen atoms in total. The van der Waals surface area contributed by atoms with Gasteiger partial charge in [-0.2, -0.15) is 0 Å². The molecule has 3 unspecified atom stereocenters. The summed E-state index contributed by atoms with van der Waals surface area (Å²) in [6.07, 6.45) is 2.73. The Morgan fingerprint density at radius 1 is 1.08 bits per heavy atom. The molecule has 3 heteroatoms. The van der Waals surface area contributed by atoms with Gasteiger partial charge in [-0.05, 0) is 60.9 Å². The summed E-state index contributed by atoms with van der Waals surface area (Å²) < 4.78 is 17.9. The standard InChI is InChI=1S/C23H30O3/c1-4-17(3)18-10-12-20(13-11-18)26-23(24-5-2)16-19-14-15-25-22-9-7-6-8-21(19)22/h6-13,17,19,23H,4-5,14-16H2,1-3H3. The molecule has 0 aromatic heterocycles. The van der Waals surface area contributed by atoms with Gasteiger partial charge in [-0.15, -0.1) is 0 Å². The minimum absolute atomic E-state index is 0.245. The van der Waals surface area contributed by atoms with Crippen molar-refractivity contribution in [1.29, 1.82) is 0 Å². The van der Waals surface area contributed by atoms with Crippen molar-refractivity contribution in [3.63, 3.8) is 0 Å². The topological polar surface area (TPSA) is 27.7 Å². The van der Waals surface area contributed by atoms with Gasteiger partial charge >= 0.3 is 0 Å². The fourth-order valence-corrected chi connectivity index (χ4v) is 3.49. The predicted molar refractivity (Wildman–Crippen MR) is 105 cm³/mol. The molecule has 1 heterocycles. The molecule has 0 saturated heterocycles. The number of ether oxygens (including phenoxy) is 3. The van der Waals surface area contributed by atoms with Crippen LogP contribution < -0.4 is 9.47 Å². The van der Waals surface area contributed by atoms with E-state index in [0.29, 0.717) is 18.4 Å². The first-order chi connectivity index (χ1) is 12.7. The van der Waals surface area contributed by atoms with E-state index in [1.807, 2.05) is 19.1 Å². The molecule has 0 fully saturated rings. The first-order valence-corrected chi connectivity index (χ1v) is 9.81. The fraction of sp³-hybridized carbons (Fsp3) is 0.478. The van der Waals surface area contributed by atoms with Crippen molar-refractivity contribution in [2.24, 2.45) is 0 Å². The van der Waals surface area contributed by atoms with Gasteiger partial charge in [0, 0.05) is 13.0 Å². The highest BCUT2D eigenvalue weighted by Gasteiger charge is 2.25. The van der Waals surface area contributed by atoms with E-state index in [0.717, 1.165) is 37.4 Å². The van der Waals surface area contributed by atoms with Crippen LogP contribution in [0.5, 0.6) is 11.5 Å². The summed E-state index contributed by atoms with van der Waals surface area (Å²) in [4.78, 5) is 0. The highest BCUT2D eigenvalue weighted by atomic mass is 16.7. The number of benzene rings is 2. The Morgan fingerprint density at radius 3 is 2.58 bits per heavy atom. The molecule has 3 rings (SSSR count). The first-order valence-electron chi connectivity index (χ1n) is 9.81. The van der Waals surface area contributed by atoms with Gasteiger partial charge in [-0.25, -0.2) is 0 Å². The summed E-state index contributed by atoms with van der Waals surface area (Å²) in [5.74, 6) is 2.84. The van der Waals surface area contributed by atoms with Crippen LogP contribution in [0.3, 0.4) is 0 Å². The van der Waals surface area contributed by atoms with Crippen molar-refractivity contribution in [3.05, 3.63) is 59.7 Å². The van der Waals surface area contributed by atoms with E-state index >= 15 is 0 Å². The van der Waals surface area contributed by atoms with Crippen LogP contribution in [0.4, 0.5) is 0 Å². The van der Waals surface area contributed by atoms with Crippen molar-refractivity contribution in [1.82, 2.24) is 0 Å². The zero-order valence-electron chi connectivity index (χ0n) is 16.1. The molecule has 0 amide bonds. The molecule has 0 N–H and O–H groups in total. The molecule has 0 spiro atoms. The summed E-state index contributed by atoms with van der Waals surface area (Å²) in [6.45, 7) is 7.87. The molecule has 0 radical (unpaired) electrons. The van der Waals surface area contributed by atoms with Gasteiger partial charge in [0.1, 0.15) is 11.5 Å². The minimum atomic E-state index is -0.245. The molecule has 26 heavy (non-hydrogen) atoms. The van der Waals surface area contributed by atoms with Crippen LogP contribution in [-0.2, 0) is 4.74 Å². The third-order valence-corrected chi connectivity index (χ3v) is 5.24. The summed E-state index contributed by atoms with van der Waals surface area (Å²) in [6, 6.07) is 16.7. The highest BCUT2D eigenvalue weighted by molar-refractivity contribution is 5.37. The maximum absolute atomic E-state index is 6.18. The van der Waals surface area contributed by atoms with Crippen LogP contribution in [0.1, 0.15) is 63.0 Å². The normalized spacial score (nSPS) is 18.5. The largest absolute Gasteiger partial charge is 0.493 e. The van der Waals surface area contributed by atoms with Gasteiger partial charge < -0.3 is 14.2 Å². The van der Waals surface area contributed by atoms with Crippen LogP contribution in [0.2, 0.25) is 0 Å². The van der Waals surface area contributed by atoms with E-state index in [1.165, 1.54) is 11.1 Å². The van der Waals surface area contributed by atoms with Crippen molar-refractivity contribution < 1.29 is 14.2 Å². The molecule has 0 aliphatic carbocycles. The molecule has 2 aromatic carbocycles. The average molecular weight is 354 g/mol. The lowest BCUT2D eigenvalue weighted by Gasteiger charge is -2.29. The Balaban J connectivity index is 1.68. The maximum Gasteiger partial charge on any atom is 0.200 e. The van der Waals surface area contributed by atoms with E-state index in [-0.39, 0.29) is 6.29 Å². The molecule has 1 aliphatic rings. The van der Waals surface area contributed by atoms with Crippen LogP contribution in [-0.4, -0.2) is 19.5 Å². The number of fused-ring (bicyclic) bond motifs is 1. The summed E-state index contributed by atoms with van der Waals surface area (Å²) in [5.41, 5.74) is 2.62. The molecule has 3 atom stereocenters. The Labute approximate surface area is 157 Å². The van der Waals surface area contributed by atoms with E-state index in [4.69, 9.17) is 14.2 Å². The maximum atomic E-state index is 6.18. The summed E-state index contributed by atoms with van der Waals surface area (Å²) in [5, 5.41) is 0. The number of hydrogen-bond donors (Lipinski definition) is 0. The molecule has 0 bridgehead atoms. The summed E-state index contributed by atoms with van der Waals surface area (Å²) in [7, 11) is 0. The van der Waals surface area contributed by atoms with Gasteiger partial charge in [0.2, 0.25) is 0 Å². The molecule has 1 aliphatic heterocycles. The van der Waals surface area contributed by atoms with Crippen molar-refractivity contribution in [2.75, 3.05) is 13.2 Å². The lowest BCUT2D eigenvalue weighted by molar-refractivity contribution is -0.0847. The third kappa shape index (κ3) is 4.59. The molecule has 2 aromatic rings. The van der Waals surface area contributed by atoms with Crippen molar-refractivity contribution in [3.8, 4) is 11.5 Å². The first kappa shape index (κ1) is 18.8. The number of para-hydroxylation sites is 1. The van der Waals surface area contributed by atoms with Gasteiger partial charge in [-0.3, -0.25) is 0 Å². The highest BCUT2D eigenvalue weighted by Crippen LogP contribution is 2.37. The molecular formula is C23H30O3. The van der Waals surface area contributed by atoms with Gasteiger partial charge in [0.15, 0.2) is 6.29 Å². The van der Waals surface area contributed by atoms with E-state index in [2.05, 4.69) is 50.2 Å². The number of rotatable bonds is 8. The third-order valence-electron chi connectivity index (χ3n) is 5.24. The monoisotopic (exact) mass is 354 g/mol. The lowest BCUT2D eigenvalue weighted by Crippen LogP contribution is -2.26. The minimum Gasteiger partial charge on any atom is -0.493 e. The second-order valence-corrected chi connectivity index (χ2v) is 6.99. The van der Waals surface area contributed by atoms with Gasteiger partial charge in [0.05, 0.1) is 6.61 Å². The van der Waals surface area contributed by atoms with Crippen LogP contribution in [0, 0.1) is 0 Å². The quantitative estimate of drug-likeness (QED) is 0.553. The van der Waals surface area contributed by atoms with Crippen molar-refractivity contribution in [2.45, 2.75) is 58.2 Å². The second kappa shape index (κ2) is 9.09. The van der Waals surface area contributed by atoms with E-state index < -0.39 is 0 Å². The summed E-state index contributed by atoms with van der Waals surface area (Å²) >= 11 is 0. The lowest BCUT2D eigenvalue weighted by atomic mass is 9.90. The van der Waals surface area contributed by atoms with Gasteiger partial charge in [-0.1, -0.05) is 44.2 Å². The van der Waals surface area contributed by atoms with Crippen LogP contribution >= 0.6 is 0 Å². The van der Waals surface area contributed by atoms with Crippen LogP contribution in [0.15, 0.2) is 48.5 Å². The van der Waals surface area contributed by atoms with Crippen molar-refractivity contribution >= 4 is 0 Å². The SMILES string of the molecule is CCOC(CC1CCOc2ccccc21)Oc1ccc(C(C)CC)cc1. The van der Waals surface area contributed by atoms with E-state index in [9.17, 15) is 0 Å². The predicted octanol–water partition coefficient (Wildman–Crippen LogP) is 5.90. The second-order valence-electron chi connectivity index (χ2n) is 6.99. The smallest absolute Gasteiger partial charge is 0.200 e. The fourth-order valence-electron chi connectivity index (χ4n) is 3.49. The van der Waals surface area contributed by atoms with Crippen LogP contribution in [0.25, 0.3) is 0 Å². The molecule has 140 valence electrons. The Hall–Kier alpha value is -2.00.